The lowest BCUT2D eigenvalue weighted by Gasteiger charge is -2.23. The molecule has 0 saturated carbocycles. The van der Waals surface area contributed by atoms with Crippen molar-refractivity contribution < 1.29 is 5.11 Å². The predicted molar refractivity (Wildman–Crippen MR) is 49.4 cm³/mol. The molecule has 1 aromatic rings. The molecule has 3 heteroatoms. The minimum atomic E-state index is 0.208. The minimum absolute atomic E-state index is 0.208. The van der Waals surface area contributed by atoms with Crippen LogP contribution in [0.3, 0.4) is 0 Å². The SMILES string of the molecule is CC(C)N(C)c1cncc(O)c1. The summed E-state index contributed by atoms with van der Waals surface area (Å²) in [5.74, 6) is 0.208. The van der Waals surface area contributed by atoms with Gasteiger partial charge in [-0.2, -0.15) is 0 Å². The fourth-order valence-corrected chi connectivity index (χ4v) is 0.907. The third kappa shape index (κ3) is 1.87. The summed E-state index contributed by atoms with van der Waals surface area (Å²) in [6.07, 6.45) is 3.16. The van der Waals surface area contributed by atoms with E-state index in [2.05, 4.69) is 18.8 Å². The molecule has 3 nitrogen and oxygen atoms in total. The lowest BCUT2D eigenvalue weighted by molar-refractivity contribution is 0.472. The van der Waals surface area contributed by atoms with E-state index >= 15 is 0 Å². The van der Waals surface area contributed by atoms with E-state index in [0.29, 0.717) is 6.04 Å². The zero-order chi connectivity index (χ0) is 9.14. The second-order valence-electron chi connectivity index (χ2n) is 3.11. The molecule has 0 bridgehead atoms. The van der Waals surface area contributed by atoms with E-state index < -0.39 is 0 Å². The van der Waals surface area contributed by atoms with Gasteiger partial charge >= 0.3 is 0 Å². The van der Waals surface area contributed by atoms with Crippen molar-refractivity contribution in [3.8, 4) is 5.75 Å². The number of hydrogen-bond acceptors (Lipinski definition) is 3. The van der Waals surface area contributed by atoms with Gasteiger partial charge in [-0.1, -0.05) is 0 Å². The Labute approximate surface area is 72.7 Å². The van der Waals surface area contributed by atoms with Crippen LogP contribution >= 0.6 is 0 Å². The lowest BCUT2D eigenvalue weighted by atomic mass is 10.3. The van der Waals surface area contributed by atoms with Gasteiger partial charge in [0.05, 0.1) is 18.1 Å². The Morgan fingerprint density at radius 2 is 2.08 bits per heavy atom. The van der Waals surface area contributed by atoms with E-state index in [1.54, 1.807) is 12.3 Å². The molecular weight excluding hydrogens is 152 g/mol. The molecule has 12 heavy (non-hydrogen) atoms. The van der Waals surface area contributed by atoms with Gasteiger partial charge in [-0.25, -0.2) is 0 Å². The molecule has 0 fully saturated rings. The Hall–Kier alpha value is -1.25. The van der Waals surface area contributed by atoms with Crippen LogP contribution in [0, 0.1) is 0 Å². The number of rotatable bonds is 2. The molecule has 0 radical (unpaired) electrons. The number of hydrogen-bond donors (Lipinski definition) is 1. The monoisotopic (exact) mass is 166 g/mol. The van der Waals surface area contributed by atoms with E-state index in [1.807, 2.05) is 11.9 Å². The molecule has 1 N–H and O–H groups in total. The summed E-state index contributed by atoms with van der Waals surface area (Å²) in [5, 5.41) is 9.15. The highest BCUT2D eigenvalue weighted by Gasteiger charge is 2.04. The first-order chi connectivity index (χ1) is 5.61. The third-order valence-corrected chi connectivity index (χ3v) is 1.89. The lowest BCUT2D eigenvalue weighted by Crippen LogP contribution is -2.25. The van der Waals surface area contributed by atoms with Gasteiger partial charge in [-0.15, -0.1) is 0 Å². The van der Waals surface area contributed by atoms with Crippen molar-refractivity contribution in [2.45, 2.75) is 19.9 Å². The summed E-state index contributed by atoms with van der Waals surface area (Å²) in [5.41, 5.74) is 0.935. The highest BCUT2D eigenvalue weighted by atomic mass is 16.3. The van der Waals surface area contributed by atoms with Crippen LogP contribution in [0.1, 0.15) is 13.8 Å². The molecule has 0 spiro atoms. The topological polar surface area (TPSA) is 36.4 Å². The Kier molecular flexibility index (Phi) is 2.53. The van der Waals surface area contributed by atoms with Crippen LogP contribution in [0.15, 0.2) is 18.5 Å². The second kappa shape index (κ2) is 3.43. The van der Waals surface area contributed by atoms with Gasteiger partial charge in [0.2, 0.25) is 0 Å². The summed E-state index contributed by atoms with van der Waals surface area (Å²) < 4.78 is 0. The van der Waals surface area contributed by atoms with E-state index in [0.717, 1.165) is 5.69 Å². The molecule has 0 saturated heterocycles. The highest BCUT2D eigenvalue weighted by Crippen LogP contribution is 2.18. The van der Waals surface area contributed by atoms with Crippen molar-refractivity contribution >= 4 is 5.69 Å². The van der Waals surface area contributed by atoms with Gasteiger partial charge in [0.1, 0.15) is 5.75 Å². The number of nitrogens with zero attached hydrogens (tertiary/aromatic N) is 2. The zero-order valence-corrected chi connectivity index (χ0v) is 7.65. The molecule has 0 aliphatic heterocycles. The van der Waals surface area contributed by atoms with Crippen LogP contribution in [-0.4, -0.2) is 23.2 Å². The molecule has 0 aliphatic rings. The van der Waals surface area contributed by atoms with Crippen LogP contribution in [0.2, 0.25) is 0 Å². The molecule has 1 heterocycles. The highest BCUT2D eigenvalue weighted by molar-refractivity contribution is 5.47. The average Bonchev–Trinajstić information content (AvgIpc) is 2.03. The molecular formula is C9H14N2O. The summed E-state index contributed by atoms with van der Waals surface area (Å²) in [6, 6.07) is 2.11. The summed E-state index contributed by atoms with van der Waals surface area (Å²) >= 11 is 0. The average molecular weight is 166 g/mol. The van der Waals surface area contributed by atoms with Crippen molar-refractivity contribution in [3.05, 3.63) is 18.5 Å². The first-order valence-corrected chi connectivity index (χ1v) is 3.98. The minimum Gasteiger partial charge on any atom is -0.506 e. The quantitative estimate of drug-likeness (QED) is 0.725. The third-order valence-electron chi connectivity index (χ3n) is 1.89. The van der Waals surface area contributed by atoms with Gasteiger partial charge in [0.25, 0.3) is 0 Å². The Bertz CT molecular complexity index is 260. The van der Waals surface area contributed by atoms with Gasteiger partial charge in [0.15, 0.2) is 0 Å². The van der Waals surface area contributed by atoms with Crippen LogP contribution in [0.4, 0.5) is 5.69 Å². The molecule has 0 amide bonds. The van der Waals surface area contributed by atoms with Gasteiger partial charge in [0, 0.05) is 19.2 Å². The fourth-order valence-electron chi connectivity index (χ4n) is 0.907. The van der Waals surface area contributed by atoms with E-state index in [4.69, 9.17) is 5.11 Å². The van der Waals surface area contributed by atoms with Crippen molar-refractivity contribution in [2.75, 3.05) is 11.9 Å². The number of anilines is 1. The Balaban J connectivity index is 2.88. The van der Waals surface area contributed by atoms with Gasteiger partial charge in [-0.3, -0.25) is 4.98 Å². The molecule has 0 unspecified atom stereocenters. The van der Waals surface area contributed by atoms with Crippen LogP contribution in [-0.2, 0) is 0 Å². The van der Waals surface area contributed by atoms with E-state index in [-0.39, 0.29) is 5.75 Å². The summed E-state index contributed by atoms with van der Waals surface area (Å²) in [6.45, 7) is 4.17. The maximum atomic E-state index is 9.15. The van der Waals surface area contributed by atoms with Crippen LogP contribution in [0.5, 0.6) is 5.75 Å². The van der Waals surface area contributed by atoms with Crippen molar-refractivity contribution in [1.29, 1.82) is 0 Å². The zero-order valence-electron chi connectivity index (χ0n) is 7.65. The van der Waals surface area contributed by atoms with Gasteiger partial charge in [-0.05, 0) is 13.8 Å². The normalized spacial score (nSPS) is 10.3. The van der Waals surface area contributed by atoms with Gasteiger partial charge < -0.3 is 10.0 Å². The number of aromatic hydroxyl groups is 1. The van der Waals surface area contributed by atoms with Crippen molar-refractivity contribution in [3.63, 3.8) is 0 Å². The maximum Gasteiger partial charge on any atom is 0.135 e. The van der Waals surface area contributed by atoms with Crippen LogP contribution in [0.25, 0.3) is 0 Å². The molecule has 0 atom stereocenters. The molecule has 66 valence electrons. The molecule has 0 aliphatic carbocycles. The van der Waals surface area contributed by atoms with E-state index in [9.17, 15) is 0 Å². The second-order valence-corrected chi connectivity index (χ2v) is 3.11. The Morgan fingerprint density at radius 3 is 2.58 bits per heavy atom. The fraction of sp³-hybridized carbons (Fsp3) is 0.444. The first kappa shape index (κ1) is 8.84. The van der Waals surface area contributed by atoms with Crippen LogP contribution < -0.4 is 4.90 Å². The Morgan fingerprint density at radius 1 is 1.42 bits per heavy atom. The summed E-state index contributed by atoms with van der Waals surface area (Å²) in [4.78, 5) is 5.94. The van der Waals surface area contributed by atoms with Crippen molar-refractivity contribution in [2.24, 2.45) is 0 Å². The predicted octanol–water partition coefficient (Wildman–Crippen LogP) is 1.63. The largest absolute Gasteiger partial charge is 0.506 e. The van der Waals surface area contributed by atoms with E-state index in [1.165, 1.54) is 6.20 Å². The number of pyridine rings is 1. The molecule has 0 aromatic carbocycles. The van der Waals surface area contributed by atoms with Crippen molar-refractivity contribution in [1.82, 2.24) is 4.98 Å². The molecule has 1 rings (SSSR count). The number of aromatic nitrogens is 1. The molecule has 1 aromatic heterocycles. The maximum absolute atomic E-state index is 9.15. The summed E-state index contributed by atoms with van der Waals surface area (Å²) in [7, 11) is 1.97. The first-order valence-electron chi connectivity index (χ1n) is 3.98. The standard InChI is InChI=1S/C9H14N2O/c1-7(2)11(3)8-4-9(12)6-10-5-8/h4-7,12H,1-3H3. The smallest absolute Gasteiger partial charge is 0.135 e.